The van der Waals surface area contributed by atoms with Crippen molar-refractivity contribution in [2.24, 2.45) is 11.5 Å². The fraction of sp³-hybridized carbons (Fsp3) is 0.400. The maximum Gasteiger partial charge on any atom is 0.243 e. The highest BCUT2D eigenvalue weighted by Crippen LogP contribution is 1.78. The molecule has 0 heterocycles. The average molecular weight is 116 g/mol. The predicted molar refractivity (Wildman–Crippen MR) is 34.1 cm³/mol. The number of carbonyl (C=O) groups is 1. The molecule has 0 saturated carbocycles. The number of rotatable bonds is 1. The van der Waals surface area contributed by atoms with Crippen LogP contribution in [0.1, 0.15) is 6.92 Å². The molecular formula is C5H12N2O. The lowest BCUT2D eigenvalue weighted by molar-refractivity contribution is -0.114. The van der Waals surface area contributed by atoms with Crippen LogP contribution in [0.4, 0.5) is 0 Å². The summed E-state index contributed by atoms with van der Waals surface area (Å²) in [5.74, 6) is -0.435. The SMILES string of the molecule is C=C(C)C(N)=O.CN. The van der Waals surface area contributed by atoms with Gasteiger partial charge in [0, 0.05) is 5.57 Å². The second-order valence-electron chi connectivity index (χ2n) is 1.14. The first-order valence-corrected chi connectivity index (χ1v) is 2.17. The Balaban J connectivity index is 0. The highest BCUT2D eigenvalue weighted by Gasteiger charge is 1.86. The van der Waals surface area contributed by atoms with Crippen LogP contribution in [0, 0.1) is 0 Å². The zero-order chi connectivity index (χ0) is 7.15. The van der Waals surface area contributed by atoms with E-state index < -0.39 is 5.91 Å². The number of primary amides is 1. The van der Waals surface area contributed by atoms with Gasteiger partial charge >= 0.3 is 0 Å². The van der Waals surface area contributed by atoms with Crippen molar-refractivity contribution >= 4 is 5.91 Å². The molecule has 48 valence electrons. The maximum absolute atomic E-state index is 9.82. The van der Waals surface area contributed by atoms with Gasteiger partial charge in [0.1, 0.15) is 0 Å². The molecule has 0 aliphatic rings. The lowest BCUT2D eigenvalue weighted by Gasteiger charge is -1.81. The van der Waals surface area contributed by atoms with Crippen molar-refractivity contribution in [2.45, 2.75) is 6.92 Å². The maximum atomic E-state index is 9.82. The zero-order valence-electron chi connectivity index (χ0n) is 5.27. The quantitative estimate of drug-likeness (QED) is 0.458. The van der Waals surface area contributed by atoms with Crippen molar-refractivity contribution in [1.29, 1.82) is 0 Å². The highest BCUT2D eigenvalue weighted by molar-refractivity contribution is 5.90. The van der Waals surface area contributed by atoms with Gasteiger partial charge in [0.2, 0.25) is 5.91 Å². The molecule has 0 bridgehead atoms. The van der Waals surface area contributed by atoms with Gasteiger partial charge in [-0.3, -0.25) is 4.79 Å². The minimum absolute atomic E-state index is 0.398. The second-order valence-corrected chi connectivity index (χ2v) is 1.14. The van der Waals surface area contributed by atoms with Crippen LogP contribution in [0.2, 0.25) is 0 Å². The molecule has 0 spiro atoms. The summed E-state index contributed by atoms with van der Waals surface area (Å²) in [6.45, 7) is 4.85. The summed E-state index contributed by atoms with van der Waals surface area (Å²) in [7, 11) is 1.50. The molecule has 3 nitrogen and oxygen atoms in total. The monoisotopic (exact) mass is 116 g/mol. The van der Waals surface area contributed by atoms with Crippen LogP contribution in [-0.2, 0) is 4.79 Å². The summed E-state index contributed by atoms with van der Waals surface area (Å²) < 4.78 is 0. The van der Waals surface area contributed by atoms with Gasteiger partial charge < -0.3 is 11.5 Å². The Bertz CT molecular complexity index is 76.4. The van der Waals surface area contributed by atoms with Crippen LogP contribution >= 0.6 is 0 Å². The second kappa shape index (κ2) is 6.17. The predicted octanol–water partition coefficient (Wildman–Crippen LogP) is -0.377. The summed E-state index contributed by atoms with van der Waals surface area (Å²) >= 11 is 0. The molecule has 8 heavy (non-hydrogen) atoms. The third kappa shape index (κ3) is 8.95. The van der Waals surface area contributed by atoms with E-state index >= 15 is 0 Å². The van der Waals surface area contributed by atoms with E-state index in [0.29, 0.717) is 5.57 Å². The Labute approximate surface area is 49.4 Å². The number of amides is 1. The largest absolute Gasteiger partial charge is 0.366 e. The zero-order valence-corrected chi connectivity index (χ0v) is 5.27. The van der Waals surface area contributed by atoms with Gasteiger partial charge in [0.15, 0.2) is 0 Å². The van der Waals surface area contributed by atoms with Crippen molar-refractivity contribution in [3.05, 3.63) is 12.2 Å². The molecule has 0 aromatic heterocycles. The minimum atomic E-state index is -0.435. The lowest BCUT2D eigenvalue weighted by Crippen LogP contribution is -2.10. The molecule has 0 aliphatic carbocycles. The molecule has 3 heteroatoms. The molecule has 0 rings (SSSR count). The Morgan fingerprint density at radius 3 is 1.62 bits per heavy atom. The number of hydrogen-bond donors (Lipinski definition) is 2. The first kappa shape index (κ1) is 10.2. The third-order valence-electron chi connectivity index (χ3n) is 0.421. The Morgan fingerprint density at radius 1 is 1.50 bits per heavy atom. The van der Waals surface area contributed by atoms with Gasteiger partial charge in [0.25, 0.3) is 0 Å². The highest BCUT2D eigenvalue weighted by atomic mass is 16.1. The number of hydrogen-bond acceptors (Lipinski definition) is 2. The van der Waals surface area contributed by atoms with Crippen LogP contribution in [0.5, 0.6) is 0 Å². The van der Waals surface area contributed by atoms with Gasteiger partial charge in [0.05, 0.1) is 0 Å². The Morgan fingerprint density at radius 2 is 1.62 bits per heavy atom. The molecule has 0 aliphatic heterocycles. The fourth-order valence-electron chi connectivity index (χ4n) is 0. The van der Waals surface area contributed by atoms with E-state index in [2.05, 4.69) is 12.3 Å². The summed E-state index contributed by atoms with van der Waals surface area (Å²) in [6.07, 6.45) is 0. The van der Waals surface area contributed by atoms with E-state index in [-0.39, 0.29) is 0 Å². The van der Waals surface area contributed by atoms with E-state index in [1.807, 2.05) is 0 Å². The lowest BCUT2D eigenvalue weighted by atomic mass is 10.3. The van der Waals surface area contributed by atoms with Crippen molar-refractivity contribution in [2.75, 3.05) is 7.05 Å². The molecular weight excluding hydrogens is 104 g/mol. The van der Waals surface area contributed by atoms with Crippen molar-refractivity contribution < 1.29 is 4.79 Å². The van der Waals surface area contributed by atoms with Crippen LogP contribution < -0.4 is 11.5 Å². The molecule has 0 aromatic rings. The van der Waals surface area contributed by atoms with Crippen molar-refractivity contribution in [3.63, 3.8) is 0 Å². The van der Waals surface area contributed by atoms with Crippen LogP contribution in [-0.4, -0.2) is 13.0 Å². The Hall–Kier alpha value is -0.830. The van der Waals surface area contributed by atoms with Gasteiger partial charge in [-0.25, -0.2) is 0 Å². The summed E-state index contributed by atoms with van der Waals surface area (Å²) in [5.41, 5.74) is 9.59. The van der Waals surface area contributed by atoms with Crippen LogP contribution in [0.15, 0.2) is 12.2 Å². The molecule has 4 N–H and O–H groups in total. The average Bonchev–Trinajstić information content (AvgIpc) is 1.72. The standard InChI is InChI=1S/C4H7NO.CH5N/c1-3(2)4(5)6;1-2/h1H2,2H3,(H2,5,6);2H2,1H3. The van der Waals surface area contributed by atoms with Crippen LogP contribution in [0.25, 0.3) is 0 Å². The van der Waals surface area contributed by atoms with Crippen molar-refractivity contribution in [1.82, 2.24) is 0 Å². The first-order valence-electron chi connectivity index (χ1n) is 2.17. The van der Waals surface area contributed by atoms with E-state index in [1.165, 1.54) is 7.05 Å². The molecule has 0 atom stereocenters. The van der Waals surface area contributed by atoms with E-state index in [4.69, 9.17) is 5.73 Å². The molecule has 0 saturated heterocycles. The van der Waals surface area contributed by atoms with E-state index in [9.17, 15) is 4.79 Å². The summed E-state index contributed by atoms with van der Waals surface area (Å²) in [4.78, 5) is 9.82. The molecule has 1 amide bonds. The Kier molecular flexibility index (Phi) is 7.88. The smallest absolute Gasteiger partial charge is 0.243 e. The van der Waals surface area contributed by atoms with Gasteiger partial charge in [-0.15, -0.1) is 0 Å². The molecule has 0 aromatic carbocycles. The van der Waals surface area contributed by atoms with Crippen molar-refractivity contribution in [3.8, 4) is 0 Å². The van der Waals surface area contributed by atoms with E-state index in [1.54, 1.807) is 6.92 Å². The van der Waals surface area contributed by atoms with Gasteiger partial charge in [-0.1, -0.05) is 6.58 Å². The van der Waals surface area contributed by atoms with Gasteiger partial charge in [-0.05, 0) is 14.0 Å². The molecule has 0 radical (unpaired) electrons. The number of carbonyl (C=O) groups excluding carboxylic acids is 1. The van der Waals surface area contributed by atoms with Crippen LogP contribution in [0.3, 0.4) is 0 Å². The fourth-order valence-corrected chi connectivity index (χ4v) is 0. The van der Waals surface area contributed by atoms with E-state index in [0.717, 1.165) is 0 Å². The topological polar surface area (TPSA) is 69.1 Å². The number of nitrogens with two attached hydrogens (primary N) is 2. The summed E-state index contributed by atoms with van der Waals surface area (Å²) in [5, 5.41) is 0. The molecule has 0 unspecified atom stereocenters. The minimum Gasteiger partial charge on any atom is -0.366 e. The molecule has 0 fully saturated rings. The third-order valence-corrected chi connectivity index (χ3v) is 0.421. The summed E-state index contributed by atoms with van der Waals surface area (Å²) in [6, 6.07) is 0. The van der Waals surface area contributed by atoms with Gasteiger partial charge in [-0.2, -0.15) is 0 Å². The first-order chi connectivity index (χ1) is 3.64. The normalized spacial score (nSPS) is 6.38.